The highest BCUT2D eigenvalue weighted by atomic mass is 16.7. The lowest BCUT2D eigenvalue weighted by atomic mass is 9.90. The molecule has 3 aromatic carbocycles. The summed E-state index contributed by atoms with van der Waals surface area (Å²) in [5, 5.41) is 11.1. The van der Waals surface area contributed by atoms with Crippen molar-refractivity contribution in [2.75, 3.05) is 0 Å². The predicted molar refractivity (Wildman–Crippen MR) is 201 cm³/mol. The molecular weight excluding hydrogens is 728 g/mol. The number of ketones is 1. The minimum absolute atomic E-state index is 0.0582. The third kappa shape index (κ3) is 13.7. The van der Waals surface area contributed by atoms with Crippen LogP contribution in [0.15, 0.2) is 108 Å². The molecule has 0 heterocycles. The molecule has 0 fully saturated rings. The lowest BCUT2D eigenvalue weighted by Crippen LogP contribution is -2.26. The second-order valence-electron chi connectivity index (χ2n) is 15.3. The van der Waals surface area contributed by atoms with Gasteiger partial charge in [0.1, 0.15) is 45.6 Å². The first-order chi connectivity index (χ1) is 26.0. The maximum atomic E-state index is 13.8. The second kappa shape index (κ2) is 17.3. The van der Waals surface area contributed by atoms with Gasteiger partial charge in [0.05, 0.1) is 5.57 Å². The highest BCUT2D eigenvalue weighted by Gasteiger charge is 2.26. The lowest BCUT2D eigenvalue weighted by Gasteiger charge is -2.19. The molecule has 4 rings (SSSR count). The maximum Gasteiger partial charge on any atom is 0.514 e. The number of Topliss-reactive ketones (excluding diaryl/α,β-unsaturated/α-hetero) is 1. The van der Waals surface area contributed by atoms with E-state index >= 15 is 0 Å². The number of ether oxygens (including phenoxy) is 8. The molecule has 1 aliphatic carbocycles. The fourth-order valence-electron chi connectivity index (χ4n) is 4.58. The lowest BCUT2D eigenvalue weighted by molar-refractivity contribution is -0.129. The van der Waals surface area contributed by atoms with Gasteiger partial charge in [0.15, 0.2) is 5.78 Å². The highest BCUT2D eigenvalue weighted by Crippen LogP contribution is 2.31. The molecule has 0 unspecified atom stereocenters. The SMILES string of the molecule is CC(C)(C)OC(=O)Oc1ccc(OC(=O)C2=CC(=C(O)Oc3ccc(OC(=O)OC(C)(C)C)cc3)CC(C(=O)c3ccc(OC(=O)OC(C)(C)C)cc3)=C2)cc1. The van der Waals surface area contributed by atoms with Crippen LogP contribution in [0.1, 0.15) is 79.1 Å². The van der Waals surface area contributed by atoms with E-state index < -0.39 is 53.0 Å². The van der Waals surface area contributed by atoms with Crippen LogP contribution in [0.25, 0.3) is 0 Å². The summed E-state index contributed by atoms with van der Waals surface area (Å²) < 4.78 is 42.2. The average molecular weight is 773 g/mol. The molecule has 3 aromatic rings. The van der Waals surface area contributed by atoms with Crippen LogP contribution in [0, 0.1) is 0 Å². The number of allylic oxidation sites excluding steroid dienone is 3. The molecule has 296 valence electrons. The molecule has 0 aliphatic heterocycles. The van der Waals surface area contributed by atoms with E-state index in [0.717, 1.165) is 0 Å². The fraction of sp³-hybridized carbons (Fsp3) is 0.310. The quantitative estimate of drug-likeness (QED) is 0.0542. The number of carbonyl (C=O) groups excluding carboxylic acids is 5. The minimum Gasteiger partial charge on any atom is -0.480 e. The van der Waals surface area contributed by atoms with Crippen LogP contribution in [0.3, 0.4) is 0 Å². The van der Waals surface area contributed by atoms with Crippen LogP contribution in [0.5, 0.6) is 28.7 Å². The van der Waals surface area contributed by atoms with Crippen LogP contribution in [0.2, 0.25) is 0 Å². The smallest absolute Gasteiger partial charge is 0.480 e. The van der Waals surface area contributed by atoms with Crippen LogP contribution in [-0.2, 0) is 19.0 Å². The second-order valence-corrected chi connectivity index (χ2v) is 15.3. The molecule has 0 amide bonds. The molecule has 0 aromatic heterocycles. The largest absolute Gasteiger partial charge is 0.514 e. The number of esters is 1. The maximum absolute atomic E-state index is 13.8. The Hall–Kier alpha value is -6.57. The van der Waals surface area contributed by atoms with E-state index in [1.54, 1.807) is 62.3 Å². The minimum atomic E-state index is -0.916. The topological polar surface area (TPSA) is 179 Å². The van der Waals surface area contributed by atoms with Crippen molar-refractivity contribution in [3.63, 3.8) is 0 Å². The van der Waals surface area contributed by atoms with E-state index in [-0.39, 0.29) is 57.5 Å². The summed E-state index contributed by atoms with van der Waals surface area (Å²) in [6, 6.07) is 17.0. The Morgan fingerprint density at radius 3 is 1.20 bits per heavy atom. The van der Waals surface area contributed by atoms with Crippen LogP contribution in [0.4, 0.5) is 14.4 Å². The van der Waals surface area contributed by atoms with E-state index in [0.29, 0.717) is 0 Å². The Kier molecular flexibility index (Phi) is 13.0. The Labute approximate surface area is 324 Å². The number of hydrogen-bond acceptors (Lipinski definition) is 14. The number of carbonyl (C=O) groups is 5. The third-order valence-electron chi connectivity index (χ3n) is 6.80. The van der Waals surface area contributed by atoms with Gasteiger partial charge in [-0.1, -0.05) is 0 Å². The molecule has 0 saturated carbocycles. The van der Waals surface area contributed by atoms with Crippen molar-refractivity contribution in [2.24, 2.45) is 0 Å². The first kappa shape index (κ1) is 42.2. The van der Waals surface area contributed by atoms with Gasteiger partial charge >= 0.3 is 24.4 Å². The zero-order valence-electron chi connectivity index (χ0n) is 32.5. The van der Waals surface area contributed by atoms with Crippen LogP contribution < -0.4 is 23.7 Å². The Balaban J connectivity index is 1.56. The summed E-state index contributed by atoms with van der Waals surface area (Å²) in [7, 11) is 0. The van der Waals surface area contributed by atoms with E-state index in [9.17, 15) is 29.1 Å². The van der Waals surface area contributed by atoms with Crippen molar-refractivity contribution >= 4 is 30.2 Å². The zero-order valence-corrected chi connectivity index (χ0v) is 32.5. The molecule has 0 saturated heterocycles. The summed E-state index contributed by atoms with van der Waals surface area (Å²) in [6.45, 7) is 15.2. The average Bonchev–Trinajstić information content (AvgIpc) is 3.07. The van der Waals surface area contributed by atoms with Crippen molar-refractivity contribution in [2.45, 2.75) is 85.5 Å². The number of benzene rings is 3. The Bertz CT molecular complexity index is 2030. The first-order valence-electron chi connectivity index (χ1n) is 17.3. The number of rotatable bonds is 9. The van der Waals surface area contributed by atoms with Crippen molar-refractivity contribution in [3.05, 3.63) is 113 Å². The molecule has 56 heavy (non-hydrogen) atoms. The van der Waals surface area contributed by atoms with Crippen molar-refractivity contribution in [1.82, 2.24) is 0 Å². The van der Waals surface area contributed by atoms with Crippen molar-refractivity contribution < 1.29 is 67.0 Å². The molecule has 0 bridgehead atoms. The third-order valence-corrected chi connectivity index (χ3v) is 6.80. The van der Waals surface area contributed by atoms with E-state index in [1.165, 1.54) is 84.9 Å². The summed E-state index contributed by atoms with van der Waals surface area (Å²) in [5.41, 5.74) is -2.06. The fourth-order valence-corrected chi connectivity index (χ4v) is 4.58. The molecule has 14 heteroatoms. The van der Waals surface area contributed by atoms with Gasteiger partial charge in [0.25, 0.3) is 5.95 Å². The van der Waals surface area contributed by atoms with Gasteiger partial charge in [-0.15, -0.1) is 0 Å². The van der Waals surface area contributed by atoms with E-state index in [4.69, 9.17) is 37.9 Å². The van der Waals surface area contributed by atoms with Gasteiger partial charge in [-0.05, 0) is 147 Å². The number of hydrogen-bond donors (Lipinski definition) is 1. The summed E-state index contributed by atoms with van der Waals surface area (Å²) >= 11 is 0. The van der Waals surface area contributed by atoms with Gasteiger partial charge < -0.3 is 43.0 Å². The summed E-state index contributed by atoms with van der Waals surface area (Å²) in [4.78, 5) is 63.4. The van der Waals surface area contributed by atoms with Gasteiger partial charge in [0, 0.05) is 23.1 Å². The van der Waals surface area contributed by atoms with E-state index in [2.05, 4.69) is 0 Å². The first-order valence-corrected chi connectivity index (χ1v) is 17.3. The molecule has 1 N–H and O–H groups in total. The van der Waals surface area contributed by atoms with Crippen molar-refractivity contribution in [3.8, 4) is 28.7 Å². The zero-order chi connectivity index (χ0) is 41.4. The summed E-state index contributed by atoms with van der Waals surface area (Å²) in [5.74, 6) is -1.36. The van der Waals surface area contributed by atoms with Gasteiger partial charge in [0.2, 0.25) is 0 Å². The monoisotopic (exact) mass is 772 g/mol. The molecule has 0 radical (unpaired) electrons. The number of aliphatic hydroxyl groups excluding tert-OH is 1. The summed E-state index contributed by atoms with van der Waals surface area (Å²) in [6.07, 6.45) is -0.244. The van der Waals surface area contributed by atoms with Crippen LogP contribution in [-0.4, -0.2) is 52.1 Å². The molecule has 14 nitrogen and oxygen atoms in total. The number of aliphatic hydroxyl groups is 1. The standard InChI is InChI=1S/C42H44O14/c1-40(2,3)54-37(46)51-31-12-10-25(11-13-31)34(43)26-22-27(35(44)49-29-14-18-32(19-15-29)52-38(47)55-41(4,5)6)24-28(23-26)36(45)50-30-16-20-33(21-17-30)53-39(48)56-42(7,8)9/h10-22,24,45H,23H2,1-9H3. The normalized spacial score (nSPS) is 13.9. The molecular formula is C42H44O14. The molecule has 0 atom stereocenters. The molecule has 1 aliphatic rings. The predicted octanol–water partition coefficient (Wildman–Crippen LogP) is 9.52. The van der Waals surface area contributed by atoms with Crippen LogP contribution >= 0.6 is 0 Å². The van der Waals surface area contributed by atoms with Crippen molar-refractivity contribution in [1.29, 1.82) is 0 Å². The Morgan fingerprint density at radius 2 is 0.821 bits per heavy atom. The van der Waals surface area contributed by atoms with E-state index in [1.807, 2.05) is 0 Å². The van der Waals surface area contributed by atoms with Gasteiger partial charge in [-0.3, -0.25) is 4.79 Å². The van der Waals surface area contributed by atoms with Gasteiger partial charge in [-0.25, -0.2) is 19.2 Å². The Morgan fingerprint density at radius 1 is 0.482 bits per heavy atom. The van der Waals surface area contributed by atoms with Gasteiger partial charge in [-0.2, -0.15) is 0 Å². The highest BCUT2D eigenvalue weighted by molar-refractivity contribution is 6.11. The molecule has 0 spiro atoms.